The Kier molecular flexibility index (Phi) is 6.06. The van der Waals surface area contributed by atoms with E-state index >= 15 is 0 Å². The van der Waals surface area contributed by atoms with Crippen molar-refractivity contribution >= 4 is 25.8 Å². The molecule has 29 heavy (non-hydrogen) atoms. The number of pyridine rings is 1. The Morgan fingerprint density at radius 3 is 2.38 bits per heavy atom. The average Bonchev–Trinajstić information content (AvgIpc) is 3.50. The Morgan fingerprint density at radius 2 is 1.72 bits per heavy atom. The summed E-state index contributed by atoms with van der Waals surface area (Å²) in [7, 11) is 5.04. The van der Waals surface area contributed by atoms with E-state index in [1.54, 1.807) is 39.3 Å². The molecule has 0 atom stereocenters. The molecule has 10 heteroatoms. The molecule has 0 unspecified atom stereocenters. The molecule has 1 fully saturated rings. The summed E-state index contributed by atoms with van der Waals surface area (Å²) in [4.78, 5) is 4.53. The summed E-state index contributed by atoms with van der Waals surface area (Å²) in [5, 5.41) is 8.80. The summed E-state index contributed by atoms with van der Waals surface area (Å²) in [6, 6.07) is 11.2. The largest absolute Gasteiger partial charge is 0.494 e. The molecule has 1 N–H and O–H groups in total. The van der Waals surface area contributed by atoms with Gasteiger partial charge in [-0.1, -0.05) is 20.1 Å². The normalized spacial score (nSPS) is 13.2. The maximum absolute atomic E-state index is 5.62. The van der Waals surface area contributed by atoms with Gasteiger partial charge >= 0.3 is 0 Å². The van der Waals surface area contributed by atoms with Crippen LogP contribution in [0.5, 0.6) is 17.4 Å². The van der Waals surface area contributed by atoms with Gasteiger partial charge in [-0.25, -0.2) is 4.98 Å². The van der Waals surface area contributed by atoms with Gasteiger partial charge < -0.3 is 14.2 Å². The maximum Gasteiger partial charge on any atom is 0.239 e. The highest BCUT2D eigenvalue weighted by atomic mass is 32.2. The van der Waals surface area contributed by atoms with Crippen molar-refractivity contribution < 1.29 is 14.2 Å². The van der Waals surface area contributed by atoms with Crippen LogP contribution in [-0.2, 0) is 0 Å². The third-order valence-corrected chi connectivity index (χ3v) is 7.78. The van der Waals surface area contributed by atoms with Crippen LogP contribution in [-0.4, -0.2) is 58.9 Å². The minimum Gasteiger partial charge on any atom is -0.494 e. The smallest absolute Gasteiger partial charge is 0.239 e. The molecule has 1 aromatic carbocycles. The van der Waals surface area contributed by atoms with Crippen LogP contribution in [0.25, 0.3) is 17.2 Å². The Labute approximate surface area is 174 Å². The average molecular weight is 431 g/mol. The number of para-hydroxylation sites is 1. The van der Waals surface area contributed by atoms with Gasteiger partial charge in [0, 0.05) is 11.6 Å². The molecule has 0 aliphatic carbocycles. The molecule has 1 saturated heterocycles. The summed E-state index contributed by atoms with van der Waals surface area (Å²) < 4.78 is 21.8. The zero-order valence-electron chi connectivity index (χ0n) is 16.5. The lowest BCUT2D eigenvalue weighted by Gasteiger charge is -2.17. The van der Waals surface area contributed by atoms with Crippen molar-refractivity contribution in [2.75, 3.05) is 43.9 Å². The highest BCUT2D eigenvalue weighted by molar-refractivity contribution is 8.06. The van der Waals surface area contributed by atoms with Gasteiger partial charge in [0.1, 0.15) is 22.9 Å². The Balaban J connectivity index is 1.83. The lowest BCUT2D eigenvalue weighted by atomic mass is 10.2. The fourth-order valence-electron chi connectivity index (χ4n) is 2.82. The number of methoxy groups -OCH3 is 3. The first kappa shape index (κ1) is 19.8. The van der Waals surface area contributed by atoms with Gasteiger partial charge in [0.15, 0.2) is 5.82 Å². The number of hydrogen-bond donors (Lipinski definition) is 1. The minimum atomic E-state index is 0.192. The second kappa shape index (κ2) is 8.88. The first-order valence-electron chi connectivity index (χ1n) is 9.03. The van der Waals surface area contributed by atoms with Crippen LogP contribution < -0.4 is 18.9 Å². The molecular formula is C19H22N5O3PS. The van der Waals surface area contributed by atoms with Crippen LogP contribution in [0, 0.1) is 0 Å². The highest BCUT2D eigenvalue weighted by Crippen LogP contribution is 2.52. The molecule has 0 amide bonds. The van der Waals surface area contributed by atoms with E-state index in [1.165, 1.54) is 12.3 Å². The van der Waals surface area contributed by atoms with Crippen LogP contribution in [0.15, 0.2) is 36.4 Å². The predicted octanol–water partition coefficient (Wildman–Crippen LogP) is 3.87. The molecule has 1 aliphatic heterocycles. The van der Waals surface area contributed by atoms with Gasteiger partial charge in [-0.3, -0.25) is 9.29 Å². The molecule has 0 spiro atoms. The van der Waals surface area contributed by atoms with Crippen LogP contribution in [0.4, 0.5) is 5.95 Å². The molecule has 1 aliphatic rings. The van der Waals surface area contributed by atoms with E-state index in [2.05, 4.69) is 19.9 Å². The quantitative estimate of drug-likeness (QED) is 0.404. The van der Waals surface area contributed by atoms with Crippen LogP contribution in [0.1, 0.15) is 0 Å². The number of nitrogens with zero attached hydrogens (tertiary/aromatic N) is 4. The number of rotatable bonds is 9. The molecule has 0 saturated carbocycles. The van der Waals surface area contributed by atoms with E-state index in [-0.39, 0.29) is 7.92 Å². The van der Waals surface area contributed by atoms with Crippen molar-refractivity contribution in [3.05, 3.63) is 36.4 Å². The number of nitrogens with one attached hydrogen (secondary N) is 1. The molecule has 3 aromatic rings. The van der Waals surface area contributed by atoms with E-state index < -0.39 is 0 Å². The Bertz CT molecular complexity index is 973. The topological polar surface area (TPSA) is 83.3 Å². The van der Waals surface area contributed by atoms with E-state index in [0.29, 0.717) is 40.5 Å². The summed E-state index contributed by atoms with van der Waals surface area (Å²) >= 11 is 1.66. The van der Waals surface area contributed by atoms with E-state index in [0.717, 1.165) is 5.49 Å². The van der Waals surface area contributed by atoms with Crippen molar-refractivity contribution in [3.63, 3.8) is 0 Å². The van der Waals surface area contributed by atoms with E-state index in [9.17, 15) is 0 Å². The molecule has 8 nitrogen and oxygen atoms in total. The lowest BCUT2D eigenvalue weighted by Crippen LogP contribution is -2.07. The fourth-order valence-corrected chi connectivity index (χ4v) is 5.67. The van der Waals surface area contributed by atoms with Gasteiger partial charge in [-0.05, 0) is 42.5 Å². The third kappa shape index (κ3) is 4.26. The molecule has 152 valence electrons. The number of ether oxygens (including phenoxy) is 3. The number of hydrogen-bond acceptors (Lipinski definition) is 8. The zero-order valence-corrected chi connectivity index (χ0v) is 18.2. The number of benzene rings is 1. The maximum atomic E-state index is 5.62. The number of aromatic nitrogens is 4. The van der Waals surface area contributed by atoms with Gasteiger partial charge in [-0.2, -0.15) is 0 Å². The Hall–Kier alpha value is -2.51. The number of anilines is 1. The van der Waals surface area contributed by atoms with Crippen LogP contribution in [0.2, 0.25) is 0 Å². The predicted molar refractivity (Wildman–Crippen MR) is 117 cm³/mol. The summed E-state index contributed by atoms with van der Waals surface area (Å²) in [5.74, 6) is 2.95. The van der Waals surface area contributed by atoms with Crippen LogP contribution in [0.3, 0.4) is 0 Å². The summed E-state index contributed by atoms with van der Waals surface area (Å²) in [6.07, 6.45) is 2.71. The van der Waals surface area contributed by atoms with Gasteiger partial charge in [-0.15, -0.1) is 10.2 Å². The fraction of sp³-hybridized carbons (Fsp3) is 0.316. The van der Waals surface area contributed by atoms with E-state index in [4.69, 9.17) is 14.2 Å². The molecule has 0 bridgehead atoms. The van der Waals surface area contributed by atoms with Crippen molar-refractivity contribution in [1.82, 2.24) is 19.7 Å². The monoisotopic (exact) mass is 431 g/mol. The zero-order chi connectivity index (χ0) is 20.2. The van der Waals surface area contributed by atoms with Crippen molar-refractivity contribution in [1.29, 1.82) is 0 Å². The van der Waals surface area contributed by atoms with E-state index in [1.807, 2.05) is 34.9 Å². The first-order valence-corrected chi connectivity index (χ1v) is 11.9. The molecule has 3 heterocycles. The standard InChI is InChI=1S/C19H22N5O3PS/c1-25-14-7-5-8-15(26-2)17(14)24-18(13-6-4-9-16(20-13)27-3)21-22-19(24)23-29-12-28-10-11-28/h4-9H,10-12H2,1-3H3,(H,22,23). The molecular weight excluding hydrogens is 409 g/mol. The van der Waals surface area contributed by atoms with Gasteiger partial charge in [0.2, 0.25) is 11.8 Å². The third-order valence-electron chi connectivity index (χ3n) is 4.40. The van der Waals surface area contributed by atoms with Gasteiger partial charge in [0.25, 0.3) is 0 Å². The lowest BCUT2D eigenvalue weighted by molar-refractivity contribution is 0.391. The molecule has 2 aromatic heterocycles. The second-order valence-corrected chi connectivity index (χ2v) is 10.0. The Morgan fingerprint density at radius 1 is 1.00 bits per heavy atom. The second-order valence-electron chi connectivity index (χ2n) is 6.25. The SMILES string of the molecule is COc1cccc(-c2nnc(NSCP3CC3)n2-c2c(OC)cccc2OC)n1. The van der Waals surface area contributed by atoms with Gasteiger partial charge in [0.05, 0.1) is 21.3 Å². The van der Waals surface area contributed by atoms with Crippen molar-refractivity contribution in [3.8, 4) is 34.6 Å². The van der Waals surface area contributed by atoms with Crippen molar-refractivity contribution in [2.45, 2.75) is 0 Å². The van der Waals surface area contributed by atoms with Crippen LogP contribution >= 0.6 is 19.9 Å². The highest BCUT2D eigenvalue weighted by Gasteiger charge is 2.24. The minimum absolute atomic E-state index is 0.192. The molecule has 4 rings (SSSR count). The molecule has 0 radical (unpaired) electrons. The van der Waals surface area contributed by atoms with Crippen molar-refractivity contribution in [2.24, 2.45) is 0 Å². The summed E-state index contributed by atoms with van der Waals surface area (Å²) in [6.45, 7) is 0. The first-order chi connectivity index (χ1) is 14.2. The summed E-state index contributed by atoms with van der Waals surface area (Å²) in [5.41, 5.74) is 2.44.